The molecule has 114 valence electrons. The molecule has 22 heavy (non-hydrogen) atoms. The molecule has 0 bridgehead atoms. The van der Waals surface area contributed by atoms with Crippen LogP contribution in [-0.4, -0.2) is 30.3 Å². The Morgan fingerprint density at radius 1 is 1.23 bits per heavy atom. The highest BCUT2D eigenvalue weighted by atomic mass is 16.6. The second-order valence-corrected chi connectivity index (χ2v) is 4.14. The summed E-state index contributed by atoms with van der Waals surface area (Å²) in [6.07, 6.45) is 2.74. The molecule has 8 heteroatoms. The number of ether oxygens (including phenoxy) is 2. The van der Waals surface area contributed by atoms with Crippen molar-refractivity contribution in [1.82, 2.24) is 4.98 Å². The van der Waals surface area contributed by atoms with Gasteiger partial charge in [0.2, 0.25) is 0 Å². The summed E-state index contributed by atoms with van der Waals surface area (Å²) in [5, 5.41) is 14.5. The molecule has 0 saturated heterocycles. The second kappa shape index (κ2) is 7.02. The summed E-state index contributed by atoms with van der Waals surface area (Å²) < 4.78 is 10.3. The minimum atomic E-state index is -0.510. The molecule has 1 N–H and O–H groups in total. The number of nitrogens with zero attached hydrogens (tertiary/aromatic N) is 3. The number of nitro groups is 1. The van der Waals surface area contributed by atoms with Crippen LogP contribution in [0.15, 0.2) is 41.6 Å². The Balaban J connectivity index is 2.04. The van der Waals surface area contributed by atoms with Crippen LogP contribution < -0.4 is 14.9 Å². The van der Waals surface area contributed by atoms with Gasteiger partial charge in [-0.3, -0.25) is 15.5 Å². The van der Waals surface area contributed by atoms with E-state index in [1.165, 1.54) is 12.1 Å². The zero-order valence-electron chi connectivity index (χ0n) is 12.0. The zero-order valence-corrected chi connectivity index (χ0v) is 12.0. The molecule has 2 rings (SSSR count). The van der Waals surface area contributed by atoms with Gasteiger partial charge in [0.05, 0.1) is 25.4 Å². The fraction of sp³-hybridized carbons (Fsp3) is 0.143. The smallest absolute Gasteiger partial charge is 0.287 e. The van der Waals surface area contributed by atoms with Crippen molar-refractivity contribution in [3.05, 3.63) is 52.2 Å². The van der Waals surface area contributed by atoms with E-state index in [2.05, 4.69) is 15.5 Å². The maximum atomic E-state index is 10.5. The molecular weight excluding hydrogens is 288 g/mol. The van der Waals surface area contributed by atoms with Crippen LogP contribution in [-0.2, 0) is 0 Å². The molecular formula is C14H14N4O4. The molecule has 1 aromatic heterocycles. The summed E-state index contributed by atoms with van der Waals surface area (Å²) in [4.78, 5) is 13.9. The molecule has 0 fully saturated rings. The minimum Gasteiger partial charge on any atom is -0.493 e. The standard InChI is InChI=1S/C14H14N4O4/c1-21-12-5-3-10(7-13(12)22-2)8-16-17-14-6-4-11(9-15-14)18(19)20/h3-9H,1-2H3,(H,15,17)/b16-8+. The molecule has 8 nitrogen and oxygen atoms in total. The van der Waals surface area contributed by atoms with Crippen molar-refractivity contribution in [3.8, 4) is 11.5 Å². The van der Waals surface area contributed by atoms with Gasteiger partial charge in [0.25, 0.3) is 5.69 Å². The van der Waals surface area contributed by atoms with E-state index in [1.807, 2.05) is 6.07 Å². The van der Waals surface area contributed by atoms with Crippen LogP contribution in [0.5, 0.6) is 11.5 Å². The highest BCUT2D eigenvalue weighted by Crippen LogP contribution is 2.26. The van der Waals surface area contributed by atoms with Crippen molar-refractivity contribution in [1.29, 1.82) is 0 Å². The number of nitrogens with one attached hydrogen (secondary N) is 1. The number of aromatic nitrogens is 1. The Hall–Kier alpha value is -3.16. The summed E-state index contributed by atoms with van der Waals surface area (Å²) in [6.45, 7) is 0. The third kappa shape index (κ3) is 3.69. The average molecular weight is 302 g/mol. The molecule has 0 aliphatic heterocycles. The van der Waals surface area contributed by atoms with Crippen molar-refractivity contribution < 1.29 is 14.4 Å². The molecule has 0 saturated carbocycles. The van der Waals surface area contributed by atoms with Gasteiger partial charge >= 0.3 is 0 Å². The van der Waals surface area contributed by atoms with Crippen LogP contribution >= 0.6 is 0 Å². The van der Waals surface area contributed by atoms with E-state index in [4.69, 9.17) is 9.47 Å². The molecule has 0 amide bonds. The third-order valence-electron chi connectivity index (χ3n) is 2.76. The maximum Gasteiger partial charge on any atom is 0.287 e. The first-order valence-corrected chi connectivity index (χ1v) is 6.25. The molecule has 0 unspecified atom stereocenters. The first kappa shape index (κ1) is 15.2. The number of hydrogen-bond donors (Lipinski definition) is 1. The number of rotatable bonds is 6. The SMILES string of the molecule is COc1ccc(/C=N/Nc2ccc([N+](=O)[O-])cn2)cc1OC. The first-order chi connectivity index (χ1) is 10.6. The summed E-state index contributed by atoms with van der Waals surface area (Å²) in [5.41, 5.74) is 3.41. The quantitative estimate of drug-likeness (QED) is 0.500. The third-order valence-corrected chi connectivity index (χ3v) is 2.76. The summed E-state index contributed by atoms with van der Waals surface area (Å²) in [6, 6.07) is 8.18. The van der Waals surface area contributed by atoms with Crippen molar-refractivity contribution in [3.63, 3.8) is 0 Å². The van der Waals surface area contributed by atoms with E-state index in [1.54, 1.807) is 32.6 Å². The molecule has 0 aliphatic rings. The molecule has 0 atom stereocenters. The maximum absolute atomic E-state index is 10.5. The van der Waals surface area contributed by atoms with Crippen molar-refractivity contribution in [2.45, 2.75) is 0 Å². The van der Waals surface area contributed by atoms with E-state index >= 15 is 0 Å². The van der Waals surface area contributed by atoms with Crippen molar-refractivity contribution in [2.24, 2.45) is 5.10 Å². The summed E-state index contributed by atoms with van der Waals surface area (Å²) in [5.74, 6) is 1.63. The van der Waals surface area contributed by atoms with Crippen LogP contribution in [0, 0.1) is 10.1 Å². The number of hydrogen-bond acceptors (Lipinski definition) is 7. The van der Waals surface area contributed by atoms with E-state index < -0.39 is 4.92 Å². The predicted molar refractivity (Wildman–Crippen MR) is 81.7 cm³/mol. The van der Waals surface area contributed by atoms with Crippen molar-refractivity contribution in [2.75, 3.05) is 19.6 Å². The van der Waals surface area contributed by atoms with Gasteiger partial charge in [-0.15, -0.1) is 0 Å². The number of hydrazone groups is 1. The second-order valence-electron chi connectivity index (χ2n) is 4.14. The highest BCUT2D eigenvalue weighted by molar-refractivity contribution is 5.81. The largest absolute Gasteiger partial charge is 0.493 e. The van der Waals surface area contributed by atoms with Gasteiger partial charge in [-0.25, -0.2) is 4.98 Å². The molecule has 0 spiro atoms. The molecule has 1 aromatic carbocycles. The van der Waals surface area contributed by atoms with Crippen LogP contribution in [0.2, 0.25) is 0 Å². The molecule has 0 radical (unpaired) electrons. The lowest BCUT2D eigenvalue weighted by molar-refractivity contribution is -0.385. The molecule has 2 aromatic rings. The summed E-state index contributed by atoms with van der Waals surface area (Å²) in [7, 11) is 3.12. The average Bonchev–Trinajstić information content (AvgIpc) is 2.55. The number of methoxy groups -OCH3 is 2. The summed E-state index contributed by atoms with van der Waals surface area (Å²) >= 11 is 0. The zero-order chi connectivity index (χ0) is 15.9. The lowest BCUT2D eigenvalue weighted by Gasteiger charge is -2.07. The normalized spacial score (nSPS) is 10.5. The van der Waals surface area contributed by atoms with E-state index in [0.29, 0.717) is 17.3 Å². The van der Waals surface area contributed by atoms with Crippen LogP contribution in [0.3, 0.4) is 0 Å². The lowest BCUT2D eigenvalue weighted by Crippen LogP contribution is -1.96. The molecule has 1 heterocycles. The Morgan fingerprint density at radius 3 is 2.59 bits per heavy atom. The van der Waals surface area contributed by atoms with Crippen molar-refractivity contribution >= 4 is 17.7 Å². The minimum absolute atomic E-state index is 0.0746. The van der Waals surface area contributed by atoms with Gasteiger partial charge < -0.3 is 9.47 Å². The van der Waals surface area contributed by atoms with Gasteiger partial charge in [-0.1, -0.05) is 0 Å². The van der Waals surface area contributed by atoms with Gasteiger partial charge in [0.1, 0.15) is 12.0 Å². The van der Waals surface area contributed by atoms with Crippen LogP contribution in [0.4, 0.5) is 11.5 Å². The Labute approximate surface area is 126 Å². The van der Waals surface area contributed by atoms with Gasteiger partial charge in [0.15, 0.2) is 11.5 Å². The topological polar surface area (TPSA) is 98.9 Å². The predicted octanol–water partition coefficient (Wildman–Crippen LogP) is 2.45. The molecule has 0 aliphatic carbocycles. The van der Waals surface area contributed by atoms with E-state index in [9.17, 15) is 10.1 Å². The first-order valence-electron chi connectivity index (χ1n) is 6.25. The Kier molecular flexibility index (Phi) is 4.86. The van der Waals surface area contributed by atoms with Crippen LogP contribution in [0.25, 0.3) is 0 Å². The number of anilines is 1. The Morgan fingerprint density at radius 2 is 2.00 bits per heavy atom. The van der Waals surface area contributed by atoms with Gasteiger partial charge in [0, 0.05) is 6.07 Å². The Bertz CT molecular complexity index is 686. The fourth-order valence-electron chi connectivity index (χ4n) is 1.67. The monoisotopic (exact) mass is 302 g/mol. The fourth-order valence-corrected chi connectivity index (χ4v) is 1.67. The highest BCUT2D eigenvalue weighted by Gasteiger charge is 2.05. The lowest BCUT2D eigenvalue weighted by atomic mass is 10.2. The van der Waals surface area contributed by atoms with Gasteiger partial charge in [-0.2, -0.15) is 5.10 Å². The number of pyridine rings is 1. The van der Waals surface area contributed by atoms with Crippen LogP contribution in [0.1, 0.15) is 5.56 Å². The van der Waals surface area contributed by atoms with Gasteiger partial charge in [-0.05, 0) is 29.8 Å². The van der Waals surface area contributed by atoms with E-state index in [-0.39, 0.29) is 5.69 Å². The number of benzene rings is 1. The van der Waals surface area contributed by atoms with E-state index in [0.717, 1.165) is 11.8 Å².